The minimum Gasteiger partial charge on any atom is -0.374 e. The first kappa shape index (κ1) is 28.2. The van der Waals surface area contributed by atoms with E-state index in [0.717, 1.165) is 49.9 Å². The molecule has 2 aromatic heterocycles. The van der Waals surface area contributed by atoms with Crippen molar-refractivity contribution in [3.63, 3.8) is 0 Å². The van der Waals surface area contributed by atoms with E-state index < -0.39 is 35.7 Å². The van der Waals surface area contributed by atoms with Gasteiger partial charge in [-0.1, -0.05) is 0 Å². The van der Waals surface area contributed by atoms with Gasteiger partial charge in [0.15, 0.2) is 5.60 Å². The van der Waals surface area contributed by atoms with E-state index in [-0.39, 0.29) is 11.6 Å². The first-order chi connectivity index (χ1) is 20.1. The third kappa shape index (κ3) is 4.74. The summed E-state index contributed by atoms with van der Waals surface area (Å²) in [5, 5.41) is 3.34. The lowest BCUT2D eigenvalue weighted by Crippen LogP contribution is -2.63. The molecule has 1 N–H and O–H groups in total. The van der Waals surface area contributed by atoms with E-state index in [1.54, 1.807) is 6.07 Å². The van der Waals surface area contributed by atoms with Crippen LogP contribution in [-0.2, 0) is 27.1 Å². The van der Waals surface area contributed by atoms with Crippen LogP contribution in [0, 0.1) is 6.92 Å². The van der Waals surface area contributed by atoms with E-state index in [9.17, 15) is 17.6 Å². The number of rotatable bonds is 6. The molecular weight excluding hydrogens is 552 g/mol. The molecule has 0 aromatic carbocycles. The molecule has 0 unspecified atom stereocenters. The quantitative estimate of drug-likeness (QED) is 0.511. The molecule has 5 aliphatic rings. The number of anilines is 2. The molecule has 0 saturated carbocycles. The Morgan fingerprint density at radius 3 is 2.40 bits per heavy atom. The molecule has 5 aliphatic heterocycles. The van der Waals surface area contributed by atoms with Crippen LogP contribution in [0.1, 0.15) is 54.3 Å². The molecule has 8 nitrogen and oxygen atoms in total. The van der Waals surface area contributed by atoms with Crippen molar-refractivity contribution in [1.29, 1.82) is 0 Å². The first-order valence-corrected chi connectivity index (χ1v) is 15.0. The Bertz CT molecular complexity index is 1330. The number of nitrogens with one attached hydrogen (secondary N) is 1. The van der Waals surface area contributed by atoms with Gasteiger partial charge in [0.2, 0.25) is 5.92 Å². The maximum absolute atomic E-state index is 14.5. The topological polar surface area (TPSA) is 66.0 Å². The van der Waals surface area contributed by atoms with E-state index >= 15 is 0 Å². The second kappa shape index (κ2) is 10.3. The molecule has 7 rings (SSSR count). The van der Waals surface area contributed by atoms with Gasteiger partial charge in [0, 0.05) is 93.9 Å². The summed E-state index contributed by atoms with van der Waals surface area (Å²) in [4.78, 5) is 15.4. The number of hydrogen-bond donors (Lipinski definition) is 1. The van der Waals surface area contributed by atoms with E-state index in [2.05, 4.69) is 22.1 Å². The molecule has 2 spiro atoms. The van der Waals surface area contributed by atoms with Crippen LogP contribution in [-0.4, -0.2) is 92.4 Å². The zero-order valence-corrected chi connectivity index (χ0v) is 24.1. The summed E-state index contributed by atoms with van der Waals surface area (Å²) < 4.78 is 69.9. The second-order valence-electron chi connectivity index (χ2n) is 12.7. The predicted octanol–water partition coefficient (Wildman–Crippen LogP) is 3.77. The van der Waals surface area contributed by atoms with Crippen LogP contribution >= 0.6 is 0 Å². The van der Waals surface area contributed by atoms with Crippen molar-refractivity contribution in [2.45, 2.75) is 62.7 Å². The number of hydrogen-bond acceptors (Lipinski definition) is 8. The smallest absolute Gasteiger partial charge is 0.280 e. The fraction of sp³-hybridized carbons (Fsp3) is 0.667. The van der Waals surface area contributed by atoms with Crippen molar-refractivity contribution >= 4 is 11.5 Å². The van der Waals surface area contributed by atoms with E-state index in [1.807, 2.05) is 22.1 Å². The van der Waals surface area contributed by atoms with Crippen LogP contribution in [0.3, 0.4) is 0 Å². The zero-order valence-electron chi connectivity index (χ0n) is 24.1. The molecule has 2 aromatic rings. The van der Waals surface area contributed by atoms with Gasteiger partial charge in [0.25, 0.3) is 6.43 Å². The Morgan fingerprint density at radius 1 is 1.07 bits per heavy atom. The Kier molecular flexibility index (Phi) is 6.91. The number of piperazine rings is 1. The SMILES string of the molecule is Cc1ccnc2c1C1(CCN(c3cc(N4CC(N5CCNCC5)C4)c(CC(C)(F)F)c(C(F)F)n3)CC1)OC21COC1. The normalized spacial score (nSPS) is 23.9. The molecule has 0 amide bonds. The summed E-state index contributed by atoms with van der Waals surface area (Å²) in [6, 6.07) is 4.04. The number of ether oxygens (including phenoxy) is 2. The average molecular weight is 591 g/mol. The largest absolute Gasteiger partial charge is 0.374 e. The van der Waals surface area contributed by atoms with Gasteiger partial charge in [-0.3, -0.25) is 9.88 Å². The van der Waals surface area contributed by atoms with Gasteiger partial charge in [-0.15, -0.1) is 0 Å². The maximum atomic E-state index is 14.5. The minimum absolute atomic E-state index is 0.0461. The molecule has 0 atom stereocenters. The lowest BCUT2D eigenvalue weighted by atomic mass is 9.81. The highest BCUT2D eigenvalue weighted by Crippen LogP contribution is 2.55. The summed E-state index contributed by atoms with van der Waals surface area (Å²) in [5.41, 5.74) is 2.01. The molecule has 4 fully saturated rings. The third-order valence-corrected chi connectivity index (χ3v) is 9.69. The highest BCUT2D eigenvalue weighted by atomic mass is 19.3. The minimum atomic E-state index is -3.14. The summed E-state index contributed by atoms with van der Waals surface area (Å²) in [6.45, 7) is 9.77. The second-order valence-corrected chi connectivity index (χ2v) is 12.7. The molecule has 12 heteroatoms. The number of pyridine rings is 2. The number of alkyl halides is 4. The summed E-state index contributed by atoms with van der Waals surface area (Å²) in [7, 11) is 0. The molecule has 0 aliphatic carbocycles. The van der Waals surface area contributed by atoms with Crippen LogP contribution in [0.4, 0.5) is 29.1 Å². The van der Waals surface area contributed by atoms with Crippen LogP contribution in [0.2, 0.25) is 0 Å². The lowest BCUT2D eigenvalue weighted by molar-refractivity contribution is -0.260. The molecule has 0 bridgehead atoms. The highest BCUT2D eigenvalue weighted by molar-refractivity contribution is 5.65. The van der Waals surface area contributed by atoms with Crippen LogP contribution in [0.15, 0.2) is 18.3 Å². The molecular formula is C30H38F4N6O2. The number of piperidine rings is 1. The van der Waals surface area contributed by atoms with Gasteiger partial charge >= 0.3 is 0 Å². The van der Waals surface area contributed by atoms with E-state index in [0.29, 0.717) is 63.7 Å². The van der Waals surface area contributed by atoms with Gasteiger partial charge < -0.3 is 24.6 Å². The highest BCUT2D eigenvalue weighted by Gasteiger charge is 2.59. The Balaban J connectivity index is 1.17. The van der Waals surface area contributed by atoms with Crippen molar-refractivity contribution in [3.8, 4) is 0 Å². The summed E-state index contributed by atoms with van der Waals surface area (Å²) >= 11 is 0. The Labute approximate surface area is 243 Å². The third-order valence-electron chi connectivity index (χ3n) is 9.69. The van der Waals surface area contributed by atoms with Crippen molar-refractivity contribution in [2.75, 3.05) is 75.4 Å². The monoisotopic (exact) mass is 590 g/mol. The predicted molar refractivity (Wildman–Crippen MR) is 150 cm³/mol. The van der Waals surface area contributed by atoms with Gasteiger partial charge in [-0.05, 0) is 38.3 Å². The van der Waals surface area contributed by atoms with Crippen molar-refractivity contribution < 1.29 is 27.0 Å². The van der Waals surface area contributed by atoms with E-state index in [1.165, 1.54) is 0 Å². The Hall–Kier alpha value is -2.54. The number of aromatic nitrogens is 2. The average Bonchev–Trinajstić information content (AvgIpc) is 3.20. The Morgan fingerprint density at radius 2 is 1.79 bits per heavy atom. The zero-order chi connectivity index (χ0) is 29.3. The van der Waals surface area contributed by atoms with Crippen LogP contribution < -0.4 is 15.1 Å². The number of nitrogens with zero attached hydrogens (tertiary/aromatic N) is 5. The van der Waals surface area contributed by atoms with Crippen molar-refractivity contribution in [3.05, 3.63) is 46.4 Å². The van der Waals surface area contributed by atoms with Gasteiger partial charge in [-0.2, -0.15) is 0 Å². The van der Waals surface area contributed by atoms with Crippen LogP contribution in [0.5, 0.6) is 0 Å². The van der Waals surface area contributed by atoms with Gasteiger partial charge in [0.1, 0.15) is 17.1 Å². The number of aryl methyl sites for hydroxylation is 1. The number of halogens is 4. The molecule has 42 heavy (non-hydrogen) atoms. The number of fused-ring (bicyclic) bond motifs is 3. The fourth-order valence-electron chi connectivity index (χ4n) is 7.49. The van der Waals surface area contributed by atoms with Crippen molar-refractivity contribution in [1.82, 2.24) is 20.2 Å². The standard InChI is InChI=1S/C30H38F4N6O2/c1-19-3-6-36-26-24(19)29(42-30(26)17-41-18-30)4-9-39(10-5-29)23-13-22(21(14-28(2,33)34)25(37-23)27(31)32)40-15-20(16-40)38-11-7-35-8-12-38/h3,6,13,20,27,35H,4-5,7-12,14-18H2,1-2H3. The maximum Gasteiger partial charge on any atom is 0.280 e. The van der Waals surface area contributed by atoms with Crippen LogP contribution in [0.25, 0.3) is 0 Å². The first-order valence-electron chi connectivity index (χ1n) is 15.0. The van der Waals surface area contributed by atoms with Crippen molar-refractivity contribution in [2.24, 2.45) is 0 Å². The molecule has 7 heterocycles. The lowest BCUT2D eigenvalue weighted by Gasteiger charge is -2.49. The van der Waals surface area contributed by atoms with Gasteiger partial charge in [-0.25, -0.2) is 22.5 Å². The summed E-state index contributed by atoms with van der Waals surface area (Å²) in [5.74, 6) is -2.73. The van der Waals surface area contributed by atoms with E-state index in [4.69, 9.17) is 14.5 Å². The molecule has 228 valence electrons. The van der Waals surface area contributed by atoms with Gasteiger partial charge in [0.05, 0.1) is 18.9 Å². The molecule has 0 radical (unpaired) electrons. The fourth-order valence-corrected chi connectivity index (χ4v) is 7.49. The molecule has 4 saturated heterocycles. The summed E-state index contributed by atoms with van der Waals surface area (Å²) in [6.07, 6.45) is -0.640.